The number of nitro groups is 1. The van der Waals surface area contributed by atoms with Crippen LogP contribution in [-0.2, 0) is 0 Å². The summed E-state index contributed by atoms with van der Waals surface area (Å²) in [6.07, 6.45) is 1.31. The second-order valence-electron chi connectivity index (χ2n) is 3.25. The van der Waals surface area contributed by atoms with Crippen molar-refractivity contribution in [2.24, 2.45) is 0 Å². The Labute approximate surface area is 90.3 Å². The Balaban J connectivity index is 2.47. The number of hydrogen-bond acceptors (Lipinski definition) is 3. The van der Waals surface area contributed by atoms with E-state index < -0.39 is 4.92 Å². The van der Waals surface area contributed by atoms with E-state index in [1.54, 1.807) is 6.92 Å². The van der Waals surface area contributed by atoms with Crippen LogP contribution in [0.3, 0.4) is 0 Å². The fraction of sp³-hybridized carbons (Fsp3) is 0.100. The van der Waals surface area contributed by atoms with E-state index in [-0.39, 0.29) is 11.6 Å². The lowest BCUT2D eigenvalue weighted by atomic mass is 10.3. The van der Waals surface area contributed by atoms with Gasteiger partial charge in [0.25, 0.3) is 0 Å². The lowest BCUT2D eigenvalue weighted by molar-refractivity contribution is -0.389. The van der Waals surface area contributed by atoms with Crippen molar-refractivity contribution < 1.29 is 9.31 Å². The lowest BCUT2D eigenvalue weighted by Gasteiger charge is -2.00. The minimum atomic E-state index is -0.562. The van der Waals surface area contributed by atoms with Crippen molar-refractivity contribution >= 4 is 5.82 Å². The van der Waals surface area contributed by atoms with E-state index in [0.29, 0.717) is 11.5 Å². The highest BCUT2D eigenvalue weighted by Crippen LogP contribution is 2.16. The first kappa shape index (κ1) is 10.3. The highest BCUT2D eigenvalue weighted by Gasteiger charge is 2.15. The average Bonchev–Trinajstić information content (AvgIpc) is 2.62. The highest BCUT2D eigenvalue weighted by atomic mass is 19.1. The molecule has 0 spiro atoms. The Morgan fingerprint density at radius 1 is 1.38 bits per heavy atom. The van der Waals surface area contributed by atoms with Crippen LogP contribution in [0.1, 0.15) is 5.82 Å². The molecule has 5 nitrogen and oxygen atoms in total. The number of nitrogens with zero attached hydrogens (tertiary/aromatic N) is 3. The molecule has 1 aromatic carbocycles. The van der Waals surface area contributed by atoms with Crippen LogP contribution in [0.5, 0.6) is 0 Å². The third-order valence-electron chi connectivity index (χ3n) is 2.16. The van der Waals surface area contributed by atoms with Gasteiger partial charge in [-0.2, -0.15) is 0 Å². The summed E-state index contributed by atoms with van der Waals surface area (Å²) < 4.78 is 14.2. The van der Waals surface area contributed by atoms with Gasteiger partial charge in [0.2, 0.25) is 5.82 Å². The van der Waals surface area contributed by atoms with Crippen molar-refractivity contribution in [2.75, 3.05) is 0 Å². The first-order chi connectivity index (χ1) is 7.58. The molecular formula is C10H8FN3O2. The second kappa shape index (κ2) is 3.73. The molecule has 0 aliphatic heterocycles. The van der Waals surface area contributed by atoms with E-state index in [2.05, 4.69) is 4.98 Å². The largest absolute Gasteiger partial charge is 0.382 e. The van der Waals surface area contributed by atoms with Crippen molar-refractivity contribution in [3.05, 3.63) is 52.2 Å². The molecular weight excluding hydrogens is 213 g/mol. The van der Waals surface area contributed by atoms with Gasteiger partial charge in [0.05, 0.1) is 0 Å². The molecule has 1 heterocycles. The number of hydrogen-bond donors (Lipinski definition) is 0. The Morgan fingerprint density at radius 3 is 2.50 bits per heavy atom. The Bertz CT molecular complexity index is 533. The lowest BCUT2D eigenvalue weighted by Crippen LogP contribution is -1.94. The molecule has 0 N–H and O–H groups in total. The van der Waals surface area contributed by atoms with Gasteiger partial charge in [-0.1, -0.05) is 0 Å². The summed E-state index contributed by atoms with van der Waals surface area (Å²) in [5, 5.41) is 10.5. The quantitative estimate of drug-likeness (QED) is 0.577. The number of imidazole rings is 1. The van der Waals surface area contributed by atoms with E-state index in [0.717, 1.165) is 0 Å². The van der Waals surface area contributed by atoms with Crippen LogP contribution in [0.25, 0.3) is 5.69 Å². The van der Waals surface area contributed by atoms with E-state index >= 15 is 0 Å². The third kappa shape index (κ3) is 1.77. The van der Waals surface area contributed by atoms with Crippen LogP contribution in [0.4, 0.5) is 10.2 Å². The van der Waals surface area contributed by atoms with Gasteiger partial charge in [-0.25, -0.2) is 4.39 Å². The molecule has 6 heteroatoms. The molecule has 0 atom stereocenters. The summed E-state index contributed by atoms with van der Waals surface area (Å²) in [6.45, 7) is 1.65. The van der Waals surface area contributed by atoms with Gasteiger partial charge in [0.15, 0.2) is 0 Å². The number of halogens is 1. The van der Waals surface area contributed by atoms with Gasteiger partial charge in [-0.05, 0) is 34.2 Å². The summed E-state index contributed by atoms with van der Waals surface area (Å²) in [4.78, 5) is 13.7. The van der Waals surface area contributed by atoms with Crippen molar-refractivity contribution in [1.82, 2.24) is 9.55 Å². The Morgan fingerprint density at radius 2 is 2.00 bits per heavy atom. The third-order valence-corrected chi connectivity index (χ3v) is 2.16. The number of aromatic nitrogens is 2. The van der Waals surface area contributed by atoms with E-state index in [4.69, 9.17) is 0 Å². The van der Waals surface area contributed by atoms with Gasteiger partial charge < -0.3 is 10.1 Å². The zero-order valence-electron chi connectivity index (χ0n) is 8.42. The van der Waals surface area contributed by atoms with Crippen LogP contribution < -0.4 is 0 Å². The summed E-state index contributed by atoms with van der Waals surface area (Å²) >= 11 is 0. The minimum absolute atomic E-state index is 0.221. The van der Waals surface area contributed by atoms with E-state index in [1.807, 2.05) is 0 Å². The van der Waals surface area contributed by atoms with E-state index in [9.17, 15) is 14.5 Å². The molecule has 0 amide bonds. The zero-order valence-corrected chi connectivity index (χ0v) is 8.42. The van der Waals surface area contributed by atoms with Gasteiger partial charge in [0.1, 0.15) is 12.0 Å². The molecule has 0 fully saturated rings. The van der Waals surface area contributed by atoms with Crippen LogP contribution in [-0.4, -0.2) is 14.5 Å². The number of rotatable bonds is 2. The van der Waals surface area contributed by atoms with Crippen LogP contribution in [0.15, 0.2) is 30.5 Å². The first-order valence-corrected chi connectivity index (χ1v) is 4.54. The summed E-state index contributed by atoms with van der Waals surface area (Å²) in [7, 11) is 0. The topological polar surface area (TPSA) is 61.0 Å². The average molecular weight is 221 g/mol. The smallest absolute Gasteiger partial charge is 0.358 e. The summed E-state index contributed by atoms with van der Waals surface area (Å²) in [6, 6.07) is 5.66. The molecule has 16 heavy (non-hydrogen) atoms. The molecule has 0 aliphatic carbocycles. The van der Waals surface area contributed by atoms with Crippen molar-refractivity contribution in [2.45, 2.75) is 6.92 Å². The van der Waals surface area contributed by atoms with E-state index in [1.165, 1.54) is 35.0 Å². The zero-order chi connectivity index (χ0) is 11.7. The monoisotopic (exact) mass is 221 g/mol. The number of benzene rings is 1. The van der Waals surface area contributed by atoms with Crippen LogP contribution in [0, 0.1) is 22.9 Å². The second-order valence-corrected chi connectivity index (χ2v) is 3.25. The summed E-state index contributed by atoms with van der Waals surface area (Å²) in [5.74, 6) is -0.0869. The maximum atomic E-state index is 12.7. The van der Waals surface area contributed by atoms with Crippen LogP contribution >= 0.6 is 0 Å². The molecule has 0 saturated carbocycles. The van der Waals surface area contributed by atoms with Crippen molar-refractivity contribution in [1.29, 1.82) is 0 Å². The molecule has 0 unspecified atom stereocenters. The molecule has 0 saturated heterocycles. The standard InChI is InChI=1S/C10H8FN3O2/c1-7-12-10(14(15)16)6-13(7)9-4-2-8(11)3-5-9/h2-6H,1H3. The van der Waals surface area contributed by atoms with Gasteiger partial charge >= 0.3 is 5.82 Å². The first-order valence-electron chi connectivity index (χ1n) is 4.54. The summed E-state index contributed by atoms with van der Waals surface area (Å²) in [5.41, 5.74) is 0.638. The predicted octanol–water partition coefficient (Wildman–Crippen LogP) is 2.23. The molecule has 82 valence electrons. The maximum Gasteiger partial charge on any atom is 0.382 e. The molecule has 0 bridgehead atoms. The van der Waals surface area contributed by atoms with Gasteiger partial charge in [0, 0.05) is 12.6 Å². The SMILES string of the molecule is Cc1nc([N+](=O)[O-])cn1-c1ccc(F)cc1. The normalized spacial score (nSPS) is 10.4. The Hall–Kier alpha value is -2.24. The predicted molar refractivity (Wildman–Crippen MR) is 54.9 cm³/mol. The van der Waals surface area contributed by atoms with Gasteiger partial charge in [-0.15, -0.1) is 0 Å². The van der Waals surface area contributed by atoms with Gasteiger partial charge in [-0.3, -0.25) is 4.57 Å². The van der Waals surface area contributed by atoms with Crippen molar-refractivity contribution in [3.63, 3.8) is 0 Å². The minimum Gasteiger partial charge on any atom is -0.358 e. The van der Waals surface area contributed by atoms with Crippen molar-refractivity contribution in [3.8, 4) is 5.69 Å². The Kier molecular flexibility index (Phi) is 2.40. The highest BCUT2D eigenvalue weighted by molar-refractivity contribution is 5.36. The fourth-order valence-electron chi connectivity index (χ4n) is 1.41. The molecule has 0 aliphatic rings. The molecule has 0 radical (unpaired) electrons. The number of aryl methyl sites for hydroxylation is 1. The molecule has 2 aromatic rings. The molecule has 1 aromatic heterocycles. The fourth-order valence-corrected chi connectivity index (χ4v) is 1.41. The maximum absolute atomic E-state index is 12.7. The van der Waals surface area contributed by atoms with Crippen LogP contribution in [0.2, 0.25) is 0 Å². The molecule has 2 rings (SSSR count).